The number of hydrogen-bond acceptors (Lipinski definition) is 10. The van der Waals surface area contributed by atoms with E-state index in [2.05, 4.69) is 142 Å². The Labute approximate surface area is 487 Å². The van der Waals surface area contributed by atoms with Crippen molar-refractivity contribution in [3.63, 3.8) is 0 Å². The van der Waals surface area contributed by atoms with E-state index in [1.807, 2.05) is 12.2 Å². The molecule has 454 valence electrons. The summed E-state index contributed by atoms with van der Waals surface area (Å²) < 4.78 is 39.5. The molecule has 0 saturated carbocycles. The lowest BCUT2D eigenvalue weighted by Crippen LogP contribution is -2.30. The molecule has 0 aliphatic carbocycles. The molecule has 0 bridgehead atoms. The molecule has 2 N–H and O–H groups in total. The maximum absolute atomic E-state index is 12.9. The van der Waals surface area contributed by atoms with Gasteiger partial charge in [-0.2, -0.15) is 0 Å². The maximum atomic E-state index is 12.9. The lowest BCUT2D eigenvalue weighted by atomic mass is 10.1. The normalized spacial score (nSPS) is 14.2. The molecule has 11 nitrogen and oxygen atoms in total. The fourth-order valence-electron chi connectivity index (χ4n) is 7.90. The number of aliphatic hydroxyl groups is 1. The van der Waals surface area contributed by atoms with Gasteiger partial charge >= 0.3 is 25.7 Å². The number of esters is 3. The predicted octanol–water partition coefficient (Wildman–Crippen LogP) is 18.9. The first-order chi connectivity index (χ1) is 39.2. The second kappa shape index (κ2) is 60.7. The number of allylic oxidation sites excluding steroid dienone is 22. The molecule has 0 aliphatic heterocycles. The highest BCUT2D eigenvalue weighted by Gasteiger charge is 2.28. The van der Waals surface area contributed by atoms with Crippen LogP contribution < -0.4 is 0 Å². The van der Waals surface area contributed by atoms with Gasteiger partial charge in [0.2, 0.25) is 0 Å². The average Bonchev–Trinajstić information content (AvgIpc) is 3.45. The van der Waals surface area contributed by atoms with E-state index in [-0.39, 0.29) is 25.9 Å². The SMILES string of the molecule is CC/C=C\C/C=C\C/C=C\C/C=C\C/C=C\C/C=C\CCC(=O)OC(COC(=O)CCCCCCCCC/C=C\C/C=C\CCCCC)COP(=O)(O)OCC(CO)OC(=O)CCCCCCCCC/C=C\C/C=C\C/C=C\CC. The number of phosphoric acid groups is 1. The second-order valence-corrected chi connectivity index (χ2v) is 21.6. The Hall–Kier alpha value is -4.38. The summed E-state index contributed by atoms with van der Waals surface area (Å²) >= 11 is 0. The van der Waals surface area contributed by atoms with Gasteiger partial charge in [0.25, 0.3) is 0 Å². The van der Waals surface area contributed by atoms with Crippen LogP contribution in [0.1, 0.15) is 239 Å². The molecule has 3 atom stereocenters. The molecule has 0 amide bonds. The fourth-order valence-corrected chi connectivity index (χ4v) is 8.68. The van der Waals surface area contributed by atoms with Crippen molar-refractivity contribution in [2.45, 2.75) is 251 Å². The molecule has 0 aliphatic rings. The number of phosphoric ester groups is 1. The van der Waals surface area contributed by atoms with E-state index in [0.29, 0.717) is 25.7 Å². The van der Waals surface area contributed by atoms with E-state index in [4.69, 9.17) is 23.3 Å². The highest BCUT2D eigenvalue weighted by molar-refractivity contribution is 7.47. The van der Waals surface area contributed by atoms with Gasteiger partial charge in [-0.05, 0) is 122 Å². The Morgan fingerprint density at radius 2 is 0.675 bits per heavy atom. The van der Waals surface area contributed by atoms with Crippen LogP contribution in [0.15, 0.2) is 134 Å². The van der Waals surface area contributed by atoms with Crippen LogP contribution >= 0.6 is 7.82 Å². The summed E-state index contributed by atoms with van der Waals surface area (Å²) in [7, 11) is -4.79. The maximum Gasteiger partial charge on any atom is 0.472 e. The second-order valence-electron chi connectivity index (χ2n) is 20.1. The van der Waals surface area contributed by atoms with Crippen molar-refractivity contribution >= 4 is 25.7 Å². The van der Waals surface area contributed by atoms with Crippen LogP contribution in [0.25, 0.3) is 0 Å². The summed E-state index contributed by atoms with van der Waals surface area (Å²) in [5.41, 5.74) is 0. The number of carbonyl (C=O) groups is 3. The quantitative estimate of drug-likeness (QED) is 0.0197. The molecule has 0 aromatic rings. The Morgan fingerprint density at radius 1 is 0.362 bits per heavy atom. The summed E-state index contributed by atoms with van der Waals surface area (Å²) in [6, 6.07) is 0. The molecule has 12 heteroatoms. The van der Waals surface area contributed by atoms with Crippen LogP contribution in [-0.2, 0) is 42.2 Å². The van der Waals surface area contributed by atoms with Crippen LogP contribution in [-0.4, -0.2) is 66.5 Å². The minimum Gasteiger partial charge on any atom is -0.462 e. The zero-order chi connectivity index (χ0) is 58.3. The van der Waals surface area contributed by atoms with Gasteiger partial charge in [-0.15, -0.1) is 0 Å². The van der Waals surface area contributed by atoms with E-state index < -0.39 is 57.8 Å². The van der Waals surface area contributed by atoms with Gasteiger partial charge in [0.15, 0.2) is 6.10 Å². The topological polar surface area (TPSA) is 155 Å². The Morgan fingerprint density at radius 3 is 1.07 bits per heavy atom. The van der Waals surface area contributed by atoms with Crippen molar-refractivity contribution in [1.82, 2.24) is 0 Å². The summed E-state index contributed by atoms with van der Waals surface area (Å²) in [5, 5.41) is 9.85. The van der Waals surface area contributed by atoms with Gasteiger partial charge in [-0.3, -0.25) is 23.4 Å². The van der Waals surface area contributed by atoms with Crippen molar-refractivity contribution in [2.75, 3.05) is 26.4 Å². The van der Waals surface area contributed by atoms with Crippen LogP contribution in [0.2, 0.25) is 0 Å². The van der Waals surface area contributed by atoms with Crippen LogP contribution in [0.3, 0.4) is 0 Å². The molecule has 0 aromatic heterocycles. The number of aliphatic hydroxyl groups excluding tert-OH is 1. The van der Waals surface area contributed by atoms with Gasteiger partial charge in [-0.1, -0.05) is 231 Å². The number of hydrogen-bond donors (Lipinski definition) is 2. The minimum atomic E-state index is -4.79. The van der Waals surface area contributed by atoms with E-state index >= 15 is 0 Å². The fraction of sp³-hybridized carbons (Fsp3) is 0.632. The van der Waals surface area contributed by atoms with Crippen molar-refractivity contribution in [2.24, 2.45) is 0 Å². The van der Waals surface area contributed by atoms with Crippen LogP contribution in [0.5, 0.6) is 0 Å². The molecular formula is C68H111O11P. The van der Waals surface area contributed by atoms with Gasteiger partial charge in [0.1, 0.15) is 12.7 Å². The van der Waals surface area contributed by atoms with Gasteiger partial charge in [0.05, 0.1) is 19.8 Å². The Kier molecular flexibility index (Phi) is 57.4. The zero-order valence-electron chi connectivity index (χ0n) is 50.2. The van der Waals surface area contributed by atoms with Gasteiger partial charge in [0, 0.05) is 19.3 Å². The van der Waals surface area contributed by atoms with Crippen molar-refractivity contribution in [1.29, 1.82) is 0 Å². The molecule has 0 rings (SSSR count). The average molecular weight is 1140 g/mol. The summed E-state index contributed by atoms with van der Waals surface area (Å²) in [6.45, 7) is 4.29. The van der Waals surface area contributed by atoms with Crippen molar-refractivity contribution < 1.29 is 52.2 Å². The lowest BCUT2D eigenvalue weighted by Gasteiger charge is -2.21. The van der Waals surface area contributed by atoms with Crippen molar-refractivity contribution in [3.05, 3.63) is 134 Å². The lowest BCUT2D eigenvalue weighted by molar-refractivity contribution is -0.161. The van der Waals surface area contributed by atoms with Crippen LogP contribution in [0.4, 0.5) is 0 Å². The molecule has 3 unspecified atom stereocenters. The smallest absolute Gasteiger partial charge is 0.462 e. The predicted molar refractivity (Wildman–Crippen MR) is 334 cm³/mol. The number of rotatable bonds is 56. The van der Waals surface area contributed by atoms with Crippen LogP contribution in [0, 0.1) is 0 Å². The van der Waals surface area contributed by atoms with Gasteiger partial charge < -0.3 is 24.2 Å². The largest absolute Gasteiger partial charge is 0.472 e. The number of ether oxygens (including phenoxy) is 3. The molecule has 0 saturated heterocycles. The monoisotopic (exact) mass is 1130 g/mol. The molecule has 0 spiro atoms. The number of unbranched alkanes of at least 4 members (excludes halogenated alkanes) is 17. The first kappa shape index (κ1) is 75.6. The third-order valence-corrected chi connectivity index (χ3v) is 13.5. The zero-order valence-corrected chi connectivity index (χ0v) is 51.1. The highest BCUT2D eigenvalue weighted by atomic mass is 31.2. The highest BCUT2D eigenvalue weighted by Crippen LogP contribution is 2.43. The molecular weight excluding hydrogens is 1020 g/mol. The van der Waals surface area contributed by atoms with E-state index in [1.54, 1.807) is 0 Å². The molecule has 80 heavy (non-hydrogen) atoms. The standard InChI is InChI=1S/C68H111O11P/c1-4-7-10-13-16-19-22-25-28-31-32-35-38-41-44-47-50-53-56-59-68(72)79-65(61-75-66(70)57-54-51-48-45-42-39-36-33-29-26-23-20-17-14-11-8-5-2)63-77-80(73,74)76-62-64(60-69)78-67(71)58-55-52-49-46-43-40-37-34-30-27-24-21-18-15-12-9-6-3/h7,9-10,12,16-21,25-30,32,35,41,44,50,53,64-65,69H,4-6,8,11,13-15,22-24,31,33-34,36-40,42-43,45-49,51-52,54-63H2,1-3H3,(H,73,74)/b10-7-,12-9-,19-16-,20-17-,21-18-,28-25-,29-26-,30-27-,35-32-,44-41-,53-50-. The summed E-state index contributed by atoms with van der Waals surface area (Å²) in [5.74, 6) is -1.60. The van der Waals surface area contributed by atoms with E-state index in [0.717, 1.165) is 128 Å². The third kappa shape index (κ3) is 58.3. The number of carbonyl (C=O) groups excluding carboxylic acids is 3. The van der Waals surface area contributed by atoms with E-state index in [1.165, 1.54) is 44.9 Å². The minimum absolute atomic E-state index is 0.0334. The summed E-state index contributed by atoms with van der Waals surface area (Å²) in [6.07, 6.45) is 77.0. The summed E-state index contributed by atoms with van der Waals surface area (Å²) in [4.78, 5) is 48.7. The molecule has 0 fully saturated rings. The first-order valence-corrected chi connectivity index (χ1v) is 32.6. The Balaban J connectivity index is 4.85. The van der Waals surface area contributed by atoms with Gasteiger partial charge in [-0.25, -0.2) is 4.57 Å². The van der Waals surface area contributed by atoms with Crippen molar-refractivity contribution in [3.8, 4) is 0 Å². The Bertz CT molecular complexity index is 1850. The third-order valence-electron chi connectivity index (χ3n) is 12.6. The first-order valence-electron chi connectivity index (χ1n) is 31.1. The van der Waals surface area contributed by atoms with E-state index in [9.17, 15) is 28.9 Å². The molecule has 0 heterocycles. The molecule has 0 radical (unpaired) electrons. The molecule has 0 aromatic carbocycles.